The van der Waals surface area contributed by atoms with Gasteiger partial charge in [0.15, 0.2) is 0 Å². The van der Waals surface area contributed by atoms with Crippen LogP contribution < -0.4 is 0 Å². The van der Waals surface area contributed by atoms with E-state index in [1.807, 2.05) is 20.8 Å². The first-order chi connectivity index (χ1) is 6.70. The molecule has 0 N–H and O–H groups in total. The molecule has 88 valence electrons. The molecule has 0 radical (unpaired) electrons. The summed E-state index contributed by atoms with van der Waals surface area (Å²) in [4.78, 5) is 13.5. The van der Waals surface area contributed by atoms with Gasteiger partial charge < -0.3 is 9.64 Å². The molecule has 1 rings (SSSR count). The summed E-state index contributed by atoms with van der Waals surface area (Å²) in [5, 5.41) is 0. The van der Waals surface area contributed by atoms with Gasteiger partial charge in [-0.3, -0.25) is 0 Å². The van der Waals surface area contributed by atoms with Crippen LogP contribution >= 0.6 is 31.9 Å². The van der Waals surface area contributed by atoms with Gasteiger partial charge >= 0.3 is 6.09 Å². The van der Waals surface area contributed by atoms with Gasteiger partial charge in [-0.25, -0.2) is 4.79 Å². The topological polar surface area (TPSA) is 29.5 Å². The fourth-order valence-electron chi connectivity index (χ4n) is 1.34. The lowest BCUT2D eigenvalue weighted by molar-refractivity contribution is 0.0216. The van der Waals surface area contributed by atoms with Crippen LogP contribution in [0.1, 0.15) is 33.6 Å². The Morgan fingerprint density at radius 1 is 1.27 bits per heavy atom. The Morgan fingerprint density at radius 2 is 1.73 bits per heavy atom. The minimum Gasteiger partial charge on any atom is -0.444 e. The Labute approximate surface area is 108 Å². The van der Waals surface area contributed by atoms with Crippen LogP contribution in [0, 0.1) is 0 Å². The molecule has 0 unspecified atom stereocenters. The minimum absolute atomic E-state index is 0.00148. The van der Waals surface area contributed by atoms with Crippen molar-refractivity contribution in [1.82, 2.24) is 4.90 Å². The second kappa shape index (κ2) is 4.62. The molecule has 0 aromatic carbocycles. The zero-order valence-electron chi connectivity index (χ0n) is 9.35. The van der Waals surface area contributed by atoms with Crippen molar-refractivity contribution in [3.8, 4) is 0 Å². The summed E-state index contributed by atoms with van der Waals surface area (Å²) >= 11 is 7.14. The van der Waals surface area contributed by atoms with Crippen LogP contribution in [0.2, 0.25) is 0 Å². The molecule has 1 amide bonds. The van der Waals surface area contributed by atoms with Crippen LogP contribution in [0.4, 0.5) is 4.79 Å². The largest absolute Gasteiger partial charge is 0.444 e. The molecule has 0 aromatic heterocycles. The molecule has 0 saturated carbocycles. The van der Waals surface area contributed by atoms with E-state index in [-0.39, 0.29) is 9.33 Å². The Balaban J connectivity index is 2.44. The molecule has 1 heterocycles. The molecule has 0 bridgehead atoms. The van der Waals surface area contributed by atoms with Crippen LogP contribution in [-0.4, -0.2) is 32.9 Å². The molecule has 0 atom stereocenters. The SMILES string of the molecule is CC(C)(C)OC(=O)N1CCC(Br)(Br)CC1. The first-order valence-corrected chi connectivity index (χ1v) is 6.64. The van der Waals surface area contributed by atoms with E-state index in [0.717, 1.165) is 25.9 Å². The number of rotatable bonds is 0. The maximum absolute atomic E-state index is 11.7. The number of hydrogen-bond donors (Lipinski definition) is 0. The van der Waals surface area contributed by atoms with Crippen LogP contribution in [0.3, 0.4) is 0 Å². The van der Waals surface area contributed by atoms with E-state index in [0.29, 0.717) is 0 Å². The molecular formula is C10H17Br2NO2. The average molecular weight is 343 g/mol. The second-order valence-corrected chi connectivity index (χ2v) is 8.92. The summed E-state index contributed by atoms with van der Waals surface area (Å²) in [6.07, 6.45) is 1.58. The molecule has 1 saturated heterocycles. The number of hydrogen-bond acceptors (Lipinski definition) is 2. The molecule has 1 aliphatic heterocycles. The van der Waals surface area contributed by atoms with Crippen molar-refractivity contribution in [2.45, 2.75) is 42.4 Å². The first kappa shape index (κ1) is 13.3. The standard InChI is InChI=1S/C10H17Br2NO2/c1-9(2,3)15-8(14)13-6-4-10(11,12)5-7-13/h4-7H2,1-3H3. The lowest BCUT2D eigenvalue weighted by atomic mass is 10.1. The zero-order valence-corrected chi connectivity index (χ0v) is 12.5. The molecule has 0 aliphatic carbocycles. The van der Waals surface area contributed by atoms with Gasteiger partial charge in [0, 0.05) is 13.1 Å². The van der Waals surface area contributed by atoms with E-state index in [1.54, 1.807) is 4.90 Å². The number of likely N-dealkylation sites (tertiary alicyclic amines) is 1. The number of carbonyl (C=O) groups is 1. The number of carbonyl (C=O) groups excluding carboxylic acids is 1. The Kier molecular flexibility index (Phi) is 4.09. The van der Waals surface area contributed by atoms with Gasteiger partial charge in [-0.05, 0) is 33.6 Å². The highest BCUT2D eigenvalue weighted by Crippen LogP contribution is 2.37. The van der Waals surface area contributed by atoms with Gasteiger partial charge in [-0.15, -0.1) is 0 Å². The quantitative estimate of drug-likeness (QED) is 0.630. The van der Waals surface area contributed by atoms with Crippen molar-refractivity contribution in [3.05, 3.63) is 0 Å². The molecule has 1 aliphatic rings. The highest BCUT2D eigenvalue weighted by Gasteiger charge is 2.32. The zero-order chi connectivity index (χ0) is 11.7. The average Bonchev–Trinajstić information content (AvgIpc) is 2.00. The fraction of sp³-hybridized carbons (Fsp3) is 0.900. The summed E-state index contributed by atoms with van der Waals surface area (Å²) in [5.74, 6) is 0. The monoisotopic (exact) mass is 341 g/mol. The highest BCUT2D eigenvalue weighted by atomic mass is 79.9. The van der Waals surface area contributed by atoms with Crippen LogP contribution in [0.5, 0.6) is 0 Å². The van der Waals surface area contributed by atoms with E-state index in [9.17, 15) is 4.79 Å². The fourth-order valence-corrected chi connectivity index (χ4v) is 2.05. The number of nitrogens with zero attached hydrogens (tertiary/aromatic N) is 1. The number of alkyl halides is 2. The third-order valence-corrected chi connectivity index (χ3v) is 3.73. The van der Waals surface area contributed by atoms with Crippen LogP contribution in [0.25, 0.3) is 0 Å². The number of amides is 1. The van der Waals surface area contributed by atoms with Crippen LogP contribution in [-0.2, 0) is 4.74 Å². The molecular weight excluding hydrogens is 326 g/mol. The van der Waals surface area contributed by atoms with Crippen molar-refractivity contribution in [3.63, 3.8) is 0 Å². The maximum atomic E-state index is 11.7. The molecule has 15 heavy (non-hydrogen) atoms. The Hall–Kier alpha value is 0.230. The third kappa shape index (κ3) is 4.72. The van der Waals surface area contributed by atoms with Crippen molar-refractivity contribution < 1.29 is 9.53 Å². The van der Waals surface area contributed by atoms with Crippen molar-refractivity contribution in [2.75, 3.05) is 13.1 Å². The summed E-state index contributed by atoms with van der Waals surface area (Å²) in [6.45, 7) is 7.10. The maximum Gasteiger partial charge on any atom is 0.410 e. The predicted molar refractivity (Wildman–Crippen MR) is 67.6 cm³/mol. The van der Waals surface area contributed by atoms with E-state index in [2.05, 4.69) is 31.9 Å². The van der Waals surface area contributed by atoms with Crippen molar-refractivity contribution >= 4 is 38.0 Å². The summed E-state index contributed by atoms with van der Waals surface area (Å²) < 4.78 is 5.30. The number of piperidine rings is 1. The molecule has 0 aromatic rings. The number of ether oxygens (including phenoxy) is 1. The van der Waals surface area contributed by atoms with E-state index < -0.39 is 5.60 Å². The first-order valence-electron chi connectivity index (χ1n) is 5.05. The Bertz CT molecular complexity index is 238. The molecule has 1 fully saturated rings. The number of halogens is 2. The molecule has 3 nitrogen and oxygen atoms in total. The lowest BCUT2D eigenvalue weighted by Crippen LogP contribution is -2.44. The van der Waals surface area contributed by atoms with Gasteiger partial charge in [0.25, 0.3) is 0 Å². The van der Waals surface area contributed by atoms with Crippen molar-refractivity contribution in [2.24, 2.45) is 0 Å². The smallest absolute Gasteiger partial charge is 0.410 e. The summed E-state index contributed by atoms with van der Waals surface area (Å²) in [7, 11) is 0. The van der Waals surface area contributed by atoms with Gasteiger partial charge in [-0.2, -0.15) is 0 Å². The Morgan fingerprint density at radius 3 is 2.13 bits per heavy atom. The van der Waals surface area contributed by atoms with E-state index in [4.69, 9.17) is 4.74 Å². The minimum atomic E-state index is -0.408. The molecule has 0 spiro atoms. The summed E-state index contributed by atoms with van der Waals surface area (Å²) in [5.41, 5.74) is -0.408. The molecule has 5 heteroatoms. The third-order valence-electron chi connectivity index (χ3n) is 2.15. The van der Waals surface area contributed by atoms with Gasteiger partial charge in [0.1, 0.15) is 5.60 Å². The van der Waals surface area contributed by atoms with E-state index >= 15 is 0 Å². The van der Waals surface area contributed by atoms with Crippen LogP contribution in [0.15, 0.2) is 0 Å². The van der Waals surface area contributed by atoms with Gasteiger partial charge in [0.2, 0.25) is 0 Å². The van der Waals surface area contributed by atoms with Gasteiger partial charge in [-0.1, -0.05) is 31.9 Å². The summed E-state index contributed by atoms with van der Waals surface area (Å²) in [6, 6.07) is 0. The van der Waals surface area contributed by atoms with Gasteiger partial charge in [0.05, 0.1) is 3.23 Å². The lowest BCUT2D eigenvalue weighted by Gasteiger charge is -2.35. The predicted octanol–water partition coefficient (Wildman–Crippen LogP) is 3.50. The normalized spacial score (nSPS) is 21.3. The second-order valence-electron chi connectivity index (χ2n) is 4.82. The van der Waals surface area contributed by atoms with E-state index in [1.165, 1.54) is 0 Å². The van der Waals surface area contributed by atoms with Crippen molar-refractivity contribution in [1.29, 1.82) is 0 Å². The highest BCUT2D eigenvalue weighted by molar-refractivity contribution is 9.25.